The van der Waals surface area contributed by atoms with Crippen LogP contribution in [0.5, 0.6) is 0 Å². The lowest BCUT2D eigenvalue weighted by Crippen LogP contribution is -2.18. The van der Waals surface area contributed by atoms with Gasteiger partial charge >= 0.3 is 0 Å². The first kappa shape index (κ1) is 11.3. The van der Waals surface area contributed by atoms with Crippen molar-refractivity contribution in [3.05, 3.63) is 22.7 Å². The summed E-state index contributed by atoms with van der Waals surface area (Å²) in [5.74, 6) is -0.166. The highest BCUT2D eigenvalue weighted by Crippen LogP contribution is 2.20. The summed E-state index contributed by atoms with van der Waals surface area (Å²) in [6.07, 6.45) is 3.25. The minimum atomic E-state index is -0.571. The number of ether oxygens (including phenoxy) is 1. The minimum Gasteiger partial charge on any atom is -0.381 e. The minimum absolute atomic E-state index is 0.0419. The zero-order valence-corrected chi connectivity index (χ0v) is 9.41. The second kappa shape index (κ2) is 4.76. The van der Waals surface area contributed by atoms with Gasteiger partial charge in [-0.3, -0.25) is 4.79 Å². The van der Waals surface area contributed by atoms with Gasteiger partial charge < -0.3 is 10.5 Å². The lowest BCUT2D eigenvalue weighted by Gasteiger charge is -2.09. The van der Waals surface area contributed by atoms with Gasteiger partial charge in [-0.15, -0.1) is 0 Å². The van der Waals surface area contributed by atoms with Gasteiger partial charge in [0.15, 0.2) is 0 Å². The molecular formula is C10H12ClN3O2. The van der Waals surface area contributed by atoms with Gasteiger partial charge in [0.1, 0.15) is 5.69 Å². The molecule has 1 unspecified atom stereocenters. The molecule has 0 radical (unpaired) electrons. The average molecular weight is 242 g/mol. The standard InChI is InChI=1S/C10H12ClN3O2/c11-10-13-4-7(8(14-10)9(12)15)3-6-1-2-16-5-6/h4,6H,1-3,5H2,(H2,12,15). The summed E-state index contributed by atoms with van der Waals surface area (Å²) in [6.45, 7) is 1.48. The van der Waals surface area contributed by atoms with Crippen LogP contribution in [-0.2, 0) is 11.2 Å². The zero-order chi connectivity index (χ0) is 11.5. The number of carbonyl (C=O) groups excluding carboxylic acids is 1. The summed E-state index contributed by atoms with van der Waals surface area (Å²) < 4.78 is 5.27. The van der Waals surface area contributed by atoms with Gasteiger partial charge in [0.2, 0.25) is 5.28 Å². The smallest absolute Gasteiger partial charge is 0.267 e. The number of primary amides is 1. The molecule has 1 aliphatic rings. The van der Waals surface area contributed by atoms with Crippen molar-refractivity contribution in [3.63, 3.8) is 0 Å². The summed E-state index contributed by atoms with van der Waals surface area (Å²) in [5.41, 5.74) is 6.20. The Labute approximate surface area is 98.0 Å². The van der Waals surface area contributed by atoms with Crippen molar-refractivity contribution in [2.24, 2.45) is 11.7 Å². The van der Waals surface area contributed by atoms with Gasteiger partial charge in [0.05, 0.1) is 0 Å². The summed E-state index contributed by atoms with van der Waals surface area (Å²) in [6, 6.07) is 0. The van der Waals surface area contributed by atoms with Crippen LogP contribution in [0.25, 0.3) is 0 Å². The Morgan fingerprint density at radius 1 is 1.69 bits per heavy atom. The van der Waals surface area contributed by atoms with Crippen LogP contribution in [0.15, 0.2) is 6.20 Å². The Morgan fingerprint density at radius 3 is 3.12 bits per heavy atom. The number of aromatic nitrogens is 2. The van der Waals surface area contributed by atoms with Crippen LogP contribution in [0, 0.1) is 5.92 Å². The fraction of sp³-hybridized carbons (Fsp3) is 0.500. The van der Waals surface area contributed by atoms with Crippen LogP contribution in [0.2, 0.25) is 5.28 Å². The van der Waals surface area contributed by atoms with E-state index in [4.69, 9.17) is 22.1 Å². The molecule has 2 heterocycles. The third-order valence-corrected chi connectivity index (χ3v) is 2.78. The molecule has 1 fully saturated rings. The lowest BCUT2D eigenvalue weighted by molar-refractivity contribution is 0.0994. The van der Waals surface area contributed by atoms with Crippen LogP contribution in [-0.4, -0.2) is 29.1 Å². The van der Waals surface area contributed by atoms with Crippen molar-refractivity contribution in [2.75, 3.05) is 13.2 Å². The quantitative estimate of drug-likeness (QED) is 0.795. The van der Waals surface area contributed by atoms with E-state index in [0.29, 0.717) is 18.9 Å². The van der Waals surface area contributed by atoms with E-state index in [0.717, 1.165) is 18.6 Å². The van der Waals surface area contributed by atoms with Crippen molar-refractivity contribution >= 4 is 17.5 Å². The van der Waals surface area contributed by atoms with Crippen molar-refractivity contribution < 1.29 is 9.53 Å². The molecule has 1 aromatic heterocycles. The first-order chi connectivity index (χ1) is 7.66. The van der Waals surface area contributed by atoms with E-state index in [9.17, 15) is 4.79 Å². The lowest BCUT2D eigenvalue weighted by atomic mass is 9.98. The number of hydrogen-bond acceptors (Lipinski definition) is 4. The van der Waals surface area contributed by atoms with Crippen molar-refractivity contribution in [1.82, 2.24) is 9.97 Å². The number of halogens is 1. The fourth-order valence-electron chi connectivity index (χ4n) is 1.80. The van der Waals surface area contributed by atoms with Crippen LogP contribution >= 0.6 is 11.6 Å². The van der Waals surface area contributed by atoms with E-state index in [1.54, 1.807) is 6.20 Å². The second-order valence-corrected chi connectivity index (χ2v) is 4.15. The predicted octanol–water partition coefficient (Wildman–Crippen LogP) is 0.808. The van der Waals surface area contributed by atoms with Gasteiger partial charge in [0, 0.05) is 25.0 Å². The molecule has 1 aromatic rings. The van der Waals surface area contributed by atoms with Crippen LogP contribution in [0.4, 0.5) is 0 Å². The number of amides is 1. The molecule has 0 spiro atoms. The monoisotopic (exact) mass is 241 g/mol. The Bertz CT molecular complexity index is 405. The van der Waals surface area contributed by atoms with E-state index in [1.165, 1.54) is 0 Å². The molecule has 1 saturated heterocycles. The predicted molar refractivity (Wildman–Crippen MR) is 58.2 cm³/mol. The number of rotatable bonds is 3. The highest BCUT2D eigenvalue weighted by molar-refractivity contribution is 6.28. The SMILES string of the molecule is NC(=O)c1nc(Cl)ncc1CC1CCOC1. The molecule has 2 N–H and O–H groups in total. The molecule has 0 bridgehead atoms. The molecule has 1 aliphatic heterocycles. The largest absolute Gasteiger partial charge is 0.381 e. The molecule has 0 aromatic carbocycles. The first-order valence-electron chi connectivity index (χ1n) is 5.06. The average Bonchev–Trinajstić information content (AvgIpc) is 2.73. The molecule has 86 valence electrons. The molecular weight excluding hydrogens is 230 g/mol. The number of nitrogens with zero attached hydrogens (tertiary/aromatic N) is 2. The molecule has 6 heteroatoms. The molecule has 16 heavy (non-hydrogen) atoms. The van der Waals surface area contributed by atoms with Crippen molar-refractivity contribution in [2.45, 2.75) is 12.8 Å². The molecule has 0 aliphatic carbocycles. The molecule has 2 rings (SSSR count). The highest BCUT2D eigenvalue weighted by Gasteiger charge is 2.20. The maximum absolute atomic E-state index is 11.2. The molecule has 1 atom stereocenters. The van der Waals surface area contributed by atoms with Crippen LogP contribution < -0.4 is 5.73 Å². The summed E-state index contributed by atoms with van der Waals surface area (Å²) in [4.78, 5) is 18.9. The Kier molecular flexibility index (Phi) is 3.36. The highest BCUT2D eigenvalue weighted by atomic mass is 35.5. The maximum atomic E-state index is 11.2. The number of hydrogen-bond donors (Lipinski definition) is 1. The van der Waals surface area contributed by atoms with Gasteiger partial charge in [-0.2, -0.15) is 0 Å². The van der Waals surface area contributed by atoms with Gasteiger partial charge in [-0.05, 0) is 30.4 Å². The van der Waals surface area contributed by atoms with Gasteiger partial charge in [-0.25, -0.2) is 9.97 Å². The molecule has 5 nitrogen and oxygen atoms in total. The van der Waals surface area contributed by atoms with Crippen LogP contribution in [0.3, 0.4) is 0 Å². The van der Waals surface area contributed by atoms with E-state index < -0.39 is 5.91 Å². The summed E-state index contributed by atoms with van der Waals surface area (Å²) >= 11 is 5.62. The fourth-order valence-corrected chi connectivity index (χ4v) is 1.94. The maximum Gasteiger partial charge on any atom is 0.267 e. The Morgan fingerprint density at radius 2 is 2.50 bits per heavy atom. The third kappa shape index (κ3) is 2.48. The molecule has 1 amide bonds. The first-order valence-corrected chi connectivity index (χ1v) is 5.43. The van der Waals surface area contributed by atoms with E-state index in [-0.39, 0.29) is 11.0 Å². The molecule has 0 saturated carbocycles. The van der Waals surface area contributed by atoms with Gasteiger partial charge in [-0.1, -0.05) is 0 Å². The third-order valence-electron chi connectivity index (χ3n) is 2.60. The topological polar surface area (TPSA) is 78.1 Å². The van der Waals surface area contributed by atoms with E-state index in [2.05, 4.69) is 9.97 Å². The van der Waals surface area contributed by atoms with Gasteiger partial charge in [0.25, 0.3) is 5.91 Å². The summed E-state index contributed by atoms with van der Waals surface area (Å²) in [7, 11) is 0. The Balaban J connectivity index is 2.21. The normalized spacial score (nSPS) is 19.9. The number of nitrogens with two attached hydrogens (primary N) is 1. The van der Waals surface area contributed by atoms with Crippen molar-refractivity contribution in [3.8, 4) is 0 Å². The Hall–Kier alpha value is -1.20. The van der Waals surface area contributed by atoms with Crippen molar-refractivity contribution in [1.29, 1.82) is 0 Å². The van der Waals surface area contributed by atoms with Crippen LogP contribution in [0.1, 0.15) is 22.5 Å². The second-order valence-electron chi connectivity index (χ2n) is 3.81. The summed E-state index contributed by atoms with van der Waals surface area (Å²) in [5, 5.41) is 0.0419. The van der Waals surface area contributed by atoms with E-state index >= 15 is 0 Å². The number of carbonyl (C=O) groups is 1. The zero-order valence-electron chi connectivity index (χ0n) is 8.65. The van der Waals surface area contributed by atoms with E-state index in [1.807, 2.05) is 0 Å².